The number of hydrogen-bond acceptors (Lipinski definition) is 3. The maximum Gasteiger partial charge on any atom is 0.227 e. The fourth-order valence-corrected chi connectivity index (χ4v) is 3.26. The van der Waals surface area contributed by atoms with Gasteiger partial charge >= 0.3 is 0 Å². The second kappa shape index (κ2) is 8.03. The normalized spacial score (nSPS) is 14.5. The summed E-state index contributed by atoms with van der Waals surface area (Å²) in [5, 5.41) is 3.70. The quantitative estimate of drug-likeness (QED) is 0.835. The molecule has 1 aromatic carbocycles. The van der Waals surface area contributed by atoms with E-state index in [-0.39, 0.29) is 17.7 Å². The Bertz CT molecular complexity index is 806. The number of hydrogen-bond donors (Lipinski definition) is 2. The average Bonchev–Trinajstić information content (AvgIpc) is 3.04. The molecule has 3 rings (SSSR count). The van der Waals surface area contributed by atoms with Crippen molar-refractivity contribution in [3.63, 3.8) is 0 Å². The molecule has 2 aromatic rings. The largest absolute Gasteiger partial charge is 0.361 e. The second-order valence-electron chi connectivity index (χ2n) is 6.53. The van der Waals surface area contributed by atoms with Crippen LogP contribution in [0.1, 0.15) is 18.9 Å². The Balaban J connectivity index is 1.49. The third kappa shape index (κ3) is 4.22. The van der Waals surface area contributed by atoms with Gasteiger partial charge in [-0.2, -0.15) is 0 Å². The van der Waals surface area contributed by atoms with Crippen molar-refractivity contribution in [1.82, 2.24) is 20.1 Å². The fourth-order valence-electron chi connectivity index (χ4n) is 3.26. The summed E-state index contributed by atoms with van der Waals surface area (Å²) in [6.45, 7) is 3.97. The number of carbonyl (C=O) groups is 3. The topological polar surface area (TPSA) is 85.5 Å². The minimum Gasteiger partial charge on any atom is -0.361 e. The Morgan fingerprint density at radius 1 is 1.04 bits per heavy atom. The molecule has 1 fully saturated rings. The van der Waals surface area contributed by atoms with E-state index in [1.54, 1.807) is 4.90 Å². The van der Waals surface area contributed by atoms with Crippen molar-refractivity contribution in [2.75, 3.05) is 32.7 Å². The Labute approximate surface area is 152 Å². The van der Waals surface area contributed by atoms with E-state index in [0.29, 0.717) is 45.6 Å². The molecular formula is C19H24N4O3. The molecule has 7 nitrogen and oxygen atoms in total. The minimum atomic E-state index is -0.134. The molecule has 0 unspecified atom stereocenters. The van der Waals surface area contributed by atoms with Gasteiger partial charge in [0.1, 0.15) is 0 Å². The number of aromatic amines is 1. The van der Waals surface area contributed by atoms with Gasteiger partial charge in [-0.1, -0.05) is 18.2 Å². The van der Waals surface area contributed by atoms with Gasteiger partial charge in [0, 0.05) is 63.2 Å². The van der Waals surface area contributed by atoms with Crippen LogP contribution in [0.25, 0.3) is 10.9 Å². The van der Waals surface area contributed by atoms with Gasteiger partial charge < -0.3 is 20.1 Å². The second-order valence-corrected chi connectivity index (χ2v) is 6.53. The summed E-state index contributed by atoms with van der Waals surface area (Å²) in [4.78, 5) is 42.3. The number of nitrogens with zero attached hydrogens (tertiary/aromatic N) is 2. The highest BCUT2D eigenvalue weighted by Gasteiger charge is 2.24. The van der Waals surface area contributed by atoms with E-state index < -0.39 is 0 Å². The summed E-state index contributed by atoms with van der Waals surface area (Å²) in [7, 11) is 0. The summed E-state index contributed by atoms with van der Waals surface area (Å²) < 4.78 is 0. The fraction of sp³-hybridized carbons (Fsp3) is 0.421. The number of amides is 3. The van der Waals surface area contributed by atoms with Crippen LogP contribution in [0.4, 0.5) is 0 Å². The van der Waals surface area contributed by atoms with Crippen LogP contribution in [0, 0.1) is 0 Å². The van der Waals surface area contributed by atoms with E-state index in [0.717, 1.165) is 16.5 Å². The molecule has 7 heteroatoms. The van der Waals surface area contributed by atoms with Gasteiger partial charge in [0.2, 0.25) is 17.7 Å². The van der Waals surface area contributed by atoms with Gasteiger partial charge in [0.05, 0.1) is 6.42 Å². The first-order chi connectivity index (χ1) is 12.5. The number of carbonyl (C=O) groups excluding carboxylic acids is 3. The Kier molecular flexibility index (Phi) is 5.55. The molecule has 1 aromatic heterocycles. The molecule has 0 radical (unpaired) electrons. The monoisotopic (exact) mass is 356 g/mol. The molecule has 0 saturated carbocycles. The van der Waals surface area contributed by atoms with Crippen molar-refractivity contribution in [3.05, 3.63) is 36.0 Å². The average molecular weight is 356 g/mol. The van der Waals surface area contributed by atoms with Crippen LogP contribution in [0.15, 0.2) is 30.5 Å². The first kappa shape index (κ1) is 18.0. The van der Waals surface area contributed by atoms with Crippen LogP contribution in [-0.2, 0) is 20.8 Å². The Morgan fingerprint density at radius 3 is 2.38 bits per heavy atom. The molecule has 2 heterocycles. The summed E-state index contributed by atoms with van der Waals surface area (Å²) in [5.74, 6) is -0.0342. The van der Waals surface area contributed by atoms with Crippen molar-refractivity contribution in [1.29, 1.82) is 0 Å². The predicted octanol–water partition coefficient (Wildman–Crippen LogP) is 0.907. The lowest BCUT2D eigenvalue weighted by Gasteiger charge is -2.35. The lowest BCUT2D eigenvalue weighted by molar-refractivity contribution is -0.139. The zero-order chi connectivity index (χ0) is 18.5. The third-order valence-corrected chi connectivity index (χ3v) is 4.71. The number of para-hydroxylation sites is 1. The number of piperazine rings is 1. The number of benzene rings is 1. The molecular weight excluding hydrogens is 332 g/mol. The van der Waals surface area contributed by atoms with E-state index >= 15 is 0 Å². The van der Waals surface area contributed by atoms with Crippen molar-refractivity contribution in [2.45, 2.75) is 19.8 Å². The van der Waals surface area contributed by atoms with Crippen molar-refractivity contribution in [3.8, 4) is 0 Å². The molecule has 2 N–H and O–H groups in total. The van der Waals surface area contributed by atoms with Crippen LogP contribution in [0.3, 0.4) is 0 Å². The van der Waals surface area contributed by atoms with Gasteiger partial charge in [-0.3, -0.25) is 14.4 Å². The predicted molar refractivity (Wildman–Crippen MR) is 98.5 cm³/mol. The van der Waals surface area contributed by atoms with Gasteiger partial charge in [-0.05, 0) is 11.6 Å². The van der Waals surface area contributed by atoms with Crippen LogP contribution in [-0.4, -0.2) is 65.2 Å². The molecule has 0 atom stereocenters. The molecule has 1 aliphatic heterocycles. The summed E-state index contributed by atoms with van der Waals surface area (Å²) in [5.41, 5.74) is 2.03. The van der Waals surface area contributed by atoms with Crippen LogP contribution in [0.2, 0.25) is 0 Å². The number of rotatable bonds is 5. The Morgan fingerprint density at radius 2 is 1.69 bits per heavy atom. The van der Waals surface area contributed by atoms with Gasteiger partial charge in [-0.15, -0.1) is 0 Å². The number of aromatic nitrogens is 1. The molecule has 138 valence electrons. The minimum absolute atomic E-state index is 0.0162. The SMILES string of the molecule is CC(=O)NCCC(=O)N1CCN(C(=O)Cc2c[nH]c3ccccc23)CC1. The first-order valence-electron chi connectivity index (χ1n) is 8.89. The molecule has 1 saturated heterocycles. The van der Waals surface area contributed by atoms with E-state index in [1.807, 2.05) is 35.4 Å². The number of fused-ring (bicyclic) bond motifs is 1. The highest BCUT2D eigenvalue weighted by Crippen LogP contribution is 2.19. The van der Waals surface area contributed by atoms with Gasteiger partial charge in [0.25, 0.3) is 0 Å². The van der Waals surface area contributed by atoms with Gasteiger partial charge in [0.15, 0.2) is 0 Å². The standard InChI is InChI=1S/C19H24N4O3/c1-14(24)20-7-6-18(25)22-8-10-23(11-9-22)19(26)12-15-13-21-17-5-3-2-4-16(15)17/h2-5,13,21H,6-12H2,1H3,(H,20,24). The van der Waals surface area contributed by atoms with Crippen LogP contribution >= 0.6 is 0 Å². The maximum atomic E-state index is 12.6. The lowest BCUT2D eigenvalue weighted by atomic mass is 10.1. The van der Waals surface area contributed by atoms with Crippen molar-refractivity contribution < 1.29 is 14.4 Å². The van der Waals surface area contributed by atoms with Crippen molar-refractivity contribution in [2.24, 2.45) is 0 Å². The molecule has 3 amide bonds. The zero-order valence-electron chi connectivity index (χ0n) is 15.0. The zero-order valence-corrected chi connectivity index (χ0v) is 15.0. The summed E-state index contributed by atoms with van der Waals surface area (Å²) in [6.07, 6.45) is 2.55. The van der Waals surface area contributed by atoms with Crippen LogP contribution < -0.4 is 5.32 Å². The summed E-state index contributed by atoms with van der Waals surface area (Å²) >= 11 is 0. The molecule has 0 bridgehead atoms. The van der Waals surface area contributed by atoms with Crippen molar-refractivity contribution >= 4 is 28.6 Å². The van der Waals surface area contributed by atoms with E-state index in [4.69, 9.17) is 0 Å². The van der Waals surface area contributed by atoms with E-state index in [1.165, 1.54) is 6.92 Å². The highest BCUT2D eigenvalue weighted by molar-refractivity contribution is 5.89. The van der Waals surface area contributed by atoms with Crippen LogP contribution in [0.5, 0.6) is 0 Å². The van der Waals surface area contributed by atoms with E-state index in [2.05, 4.69) is 10.3 Å². The van der Waals surface area contributed by atoms with E-state index in [9.17, 15) is 14.4 Å². The first-order valence-corrected chi connectivity index (χ1v) is 8.89. The highest BCUT2D eigenvalue weighted by atomic mass is 16.2. The Hall–Kier alpha value is -2.83. The molecule has 0 aliphatic carbocycles. The lowest BCUT2D eigenvalue weighted by Crippen LogP contribution is -2.51. The smallest absolute Gasteiger partial charge is 0.227 e. The number of H-pyrrole nitrogens is 1. The summed E-state index contributed by atoms with van der Waals surface area (Å²) in [6, 6.07) is 7.94. The van der Waals surface area contributed by atoms with Gasteiger partial charge in [-0.25, -0.2) is 0 Å². The number of nitrogens with one attached hydrogen (secondary N) is 2. The molecule has 0 spiro atoms. The molecule has 1 aliphatic rings. The third-order valence-electron chi connectivity index (χ3n) is 4.71. The molecule has 26 heavy (non-hydrogen) atoms. The maximum absolute atomic E-state index is 12.6.